The van der Waals surface area contributed by atoms with Crippen molar-refractivity contribution in [2.45, 2.75) is 31.9 Å². The lowest BCUT2D eigenvalue weighted by Crippen LogP contribution is -2.34. The summed E-state index contributed by atoms with van der Waals surface area (Å²) in [5.41, 5.74) is 1.71. The van der Waals surface area contributed by atoms with Crippen LogP contribution in [-0.4, -0.2) is 63.7 Å². The summed E-state index contributed by atoms with van der Waals surface area (Å²) in [7, 11) is 3.22. The van der Waals surface area contributed by atoms with E-state index in [0.29, 0.717) is 36.4 Å². The first-order valence-electron chi connectivity index (χ1n) is 11.3. The number of anilines is 1. The number of aryl methyl sites for hydroxylation is 1. The van der Waals surface area contributed by atoms with Gasteiger partial charge in [0.1, 0.15) is 5.75 Å². The van der Waals surface area contributed by atoms with E-state index in [4.69, 9.17) is 4.74 Å². The molecule has 1 fully saturated rings. The normalized spacial score (nSPS) is 18.6. The molecule has 0 saturated heterocycles. The van der Waals surface area contributed by atoms with E-state index in [1.54, 1.807) is 19.4 Å². The Morgan fingerprint density at radius 3 is 2.85 bits per heavy atom. The number of nitrogens with one attached hydrogen (secondary N) is 2. The van der Waals surface area contributed by atoms with Gasteiger partial charge in [-0.15, -0.1) is 5.10 Å². The fraction of sp³-hybridized carbons (Fsp3) is 0.522. The van der Waals surface area contributed by atoms with Crippen molar-refractivity contribution >= 4 is 22.5 Å². The van der Waals surface area contributed by atoms with Gasteiger partial charge in [-0.25, -0.2) is 0 Å². The van der Waals surface area contributed by atoms with Gasteiger partial charge >= 0.3 is 6.18 Å². The smallest absolute Gasteiger partial charge is 0.401 e. The molecule has 8 nitrogen and oxygen atoms in total. The monoisotopic (exact) mass is 478 g/mol. The van der Waals surface area contributed by atoms with Crippen molar-refractivity contribution in [1.82, 2.24) is 24.9 Å². The lowest BCUT2D eigenvalue weighted by atomic mass is 10.0. The van der Waals surface area contributed by atoms with E-state index in [2.05, 4.69) is 20.6 Å². The summed E-state index contributed by atoms with van der Waals surface area (Å²) in [4.78, 5) is 16.9. The van der Waals surface area contributed by atoms with E-state index in [-0.39, 0.29) is 11.6 Å². The average Bonchev–Trinajstić information content (AvgIpc) is 3.47. The quantitative estimate of drug-likeness (QED) is 0.481. The van der Waals surface area contributed by atoms with Crippen LogP contribution in [0.15, 0.2) is 30.6 Å². The number of alkyl halides is 3. The van der Waals surface area contributed by atoms with Crippen molar-refractivity contribution in [3.05, 3.63) is 36.3 Å². The second-order valence-electron chi connectivity index (χ2n) is 9.14. The Labute approximate surface area is 195 Å². The highest BCUT2D eigenvalue weighted by Crippen LogP contribution is 2.34. The van der Waals surface area contributed by atoms with Crippen LogP contribution in [0.4, 0.5) is 18.9 Å². The topological polar surface area (TPSA) is 88.1 Å². The van der Waals surface area contributed by atoms with E-state index in [0.717, 1.165) is 36.6 Å². The molecule has 2 aromatic heterocycles. The van der Waals surface area contributed by atoms with Crippen LogP contribution in [0.3, 0.4) is 0 Å². The number of carbonyl (C=O) groups is 1. The van der Waals surface area contributed by atoms with Gasteiger partial charge in [0, 0.05) is 30.7 Å². The molecule has 0 bridgehead atoms. The minimum Gasteiger partial charge on any atom is -0.494 e. The van der Waals surface area contributed by atoms with Crippen LogP contribution in [0.1, 0.15) is 36.2 Å². The number of rotatable bonds is 9. The van der Waals surface area contributed by atoms with E-state index in [9.17, 15) is 18.0 Å². The highest BCUT2D eigenvalue weighted by atomic mass is 19.4. The number of fused-ring (bicyclic) bond motifs is 1. The Kier molecular flexibility index (Phi) is 7.11. The van der Waals surface area contributed by atoms with Crippen LogP contribution in [0, 0.1) is 11.8 Å². The number of hydrogen-bond acceptors (Lipinski definition) is 5. The number of aromatic amines is 1. The van der Waals surface area contributed by atoms with Crippen molar-refractivity contribution < 1.29 is 22.7 Å². The largest absolute Gasteiger partial charge is 0.494 e. The number of halogens is 3. The molecule has 1 saturated carbocycles. The van der Waals surface area contributed by atoms with E-state index < -0.39 is 12.7 Å². The Morgan fingerprint density at radius 1 is 1.32 bits per heavy atom. The molecule has 2 atom stereocenters. The average molecular weight is 479 g/mol. The molecule has 2 heterocycles. The van der Waals surface area contributed by atoms with Crippen LogP contribution in [0.25, 0.3) is 10.9 Å². The maximum Gasteiger partial charge on any atom is 0.401 e. The zero-order valence-corrected chi connectivity index (χ0v) is 19.2. The third kappa shape index (κ3) is 6.28. The van der Waals surface area contributed by atoms with Gasteiger partial charge < -0.3 is 15.0 Å². The van der Waals surface area contributed by atoms with E-state index in [1.165, 1.54) is 16.6 Å². The van der Waals surface area contributed by atoms with Gasteiger partial charge in [-0.3, -0.25) is 14.4 Å². The number of hydrogen-bond donors (Lipinski definition) is 2. The second-order valence-corrected chi connectivity index (χ2v) is 9.14. The molecular formula is C23H29F3N6O2. The Bertz CT molecular complexity index is 1130. The number of nitrogens with zero attached hydrogens (tertiary/aromatic N) is 4. The first kappa shape index (κ1) is 24.1. The molecule has 0 unspecified atom stereocenters. The van der Waals surface area contributed by atoms with Crippen LogP contribution in [0.2, 0.25) is 0 Å². The maximum absolute atomic E-state index is 12.5. The van der Waals surface area contributed by atoms with Crippen LogP contribution in [-0.2, 0) is 7.05 Å². The van der Waals surface area contributed by atoms with Crippen LogP contribution >= 0.6 is 0 Å². The molecule has 0 radical (unpaired) electrons. The summed E-state index contributed by atoms with van der Waals surface area (Å²) in [6.45, 7) is 0.150. The molecule has 2 N–H and O–H groups in total. The number of aromatic nitrogens is 4. The Morgan fingerprint density at radius 2 is 2.12 bits per heavy atom. The number of carbonyl (C=O) groups excluding carboxylic acids is 1. The lowest BCUT2D eigenvalue weighted by molar-refractivity contribution is -0.144. The van der Waals surface area contributed by atoms with Gasteiger partial charge in [0.15, 0.2) is 5.69 Å². The van der Waals surface area contributed by atoms with Crippen LogP contribution in [0.5, 0.6) is 5.75 Å². The van der Waals surface area contributed by atoms with Gasteiger partial charge in [-0.2, -0.15) is 13.2 Å². The van der Waals surface area contributed by atoms with Crippen molar-refractivity contribution in [2.75, 3.05) is 32.1 Å². The minimum absolute atomic E-state index is 0.226. The van der Waals surface area contributed by atoms with Crippen molar-refractivity contribution in [3.63, 3.8) is 0 Å². The molecule has 34 heavy (non-hydrogen) atoms. The molecule has 184 valence electrons. The maximum atomic E-state index is 12.5. The third-order valence-corrected chi connectivity index (χ3v) is 6.20. The van der Waals surface area contributed by atoms with Crippen LogP contribution < -0.4 is 10.1 Å². The standard InChI is InChI=1S/C23H29F3N6O2/c1-31(14-23(24,25)26)12-16-4-3-15(9-16)7-8-34-17-5-6-19-18(10-17)20(11-27-19)28-22(33)21-13-32(2)30-29-21/h5-6,10-11,13,15-16,27H,3-4,7-9,12,14H2,1-2H3,(H,28,33)/t15-,16-/m0/s1. The first-order valence-corrected chi connectivity index (χ1v) is 11.3. The Balaban J connectivity index is 1.27. The highest BCUT2D eigenvalue weighted by molar-refractivity contribution is 6.08. The summed E-state index contributed by atoms with van der Waals surface area (Å²) in [5.74, 6) is 1.11. The summed E-state index contributed by atoms with van der Waals surface area (Å²) in [5, 5.41) is 11.3. The van der Waals surface area contributed by atoms with Gasteiger partial charge in [-0.05, 0) is 62.8 Å². The van der Waals surface area contributed by atoms with Crippen molar-refractivity contribution in [2.24, 2.45) is 18.9 Å². The molecular weight excluding hydrogens is 449 g/mol. The van der Waals surface area contributed by atoms with Crippen molar-refractivity contribution in [3.8, 4) is 5.75 Å². The molecule has 0 aliphatic heterocycles. The lowest BCUT2D eigenvalue weighted by Gasteiger charge is -2.22. The third-order valence-electron chi connectivity index (χ3n) is 6.20. The van der Waals surface area contributed by atoms with E-state index in [1.807, 2.05) is 18.2 Å². The molecule has 4 rings (SSSR count). The molecule has 0 spiro atoms. The summed E-state index contributed by atoms with van der Waals surface area (Å²) < 4.78 is 45.0. The zero-order chi connectivity index (χ0) is 24.3. The summed E-state index contributed by atoms with van der Waals surface area (Å²) in [6, 6.07) is 5.64. The number of ether oxygens (including phenoxy) is 1. The molecule has 1 aliphatic carbocycles. The summed E-state index contributed by atoms with van der Waals surface area (Å²) >= 11 is 0. The SMILES string of the molecule is CN(C[C@H]1CC[C@@H](CCOc2ccc3[nH]cc(NC(=O)c4cn(C)nn4)c3c2)C1)CC(F)(F)F. The van der Waals surface area contributed by atoms with E-state index >= 15 is 0 Å². The zero-order valence-electron chi connectivity index (χ0n) is 19.2. The molecule has 1 aliphatic rings. The first-order chi connectivity index (χ1) is 16.2. The molecule has 1 amide bonds. The minimum atomic E-state index is -4.15. The van der Waals surface area contributed by atoms with Gasteiger partial charge in [0.25, 0.3) is 5.91 Å². The van der Waals surface area contributed by atoms with Gasteiger partial charge in [0.05, 0.1) is 25.0 Å². The highest BCUT2D eigenvalue weighted by Gasteiger charge is 2.32. The molecule has 1 aromatic carbocycles. The fourth-order valence-electron chi connectivity index (χ4n) is 4.69. The number of H-pyrrole nitrogens is 1. The van der Waals surface area contributed by atoms with Gasteiger partial charge in [-0.1, -0.05) is 5.21 Å². The molecule has 3 aromatic rings. The van der Waals surface area contributed by atoms with Crippen molar-refractivity contribution in [1.29, 1.82) is 0 Å². The second kappa shape index (κ2) is 10.0. The Hall–Kier alpha value is -3.08. The molecule has 11 heteroatoms. The number of benzene rings is 1. The predicted octanol–water partition coefficient (Wildman–Crippen LogP) is 4.23. The summed E-state index contributed by atoms with van der Waals surface area (Å²) in [6.07, 6.45) is 2.87. The predicted molar refractivity (Wildman–Crippen MR) is 122 cm³/mol. The fourth-order valence-corrected chi connectivity index (χ4v) is 4.69. The van der Waals surface area contributed by atoms with Gasteiger partial charge in [0.2, 0.25) is 0 Å². The number of amides is 1.